The quantitative estimate of drug-likeness (QED) is 0.653. The van der Waals surface area contributed by atoms with E-state index in [-0.39, 0.29) is 16.2 Å². The van der Waals surface area contributed by atoms with Gasteiger partial charge >= 0.3 is 0 Å². The zero-order valence-electron chi connectivity index (χ0n) is 18.2. The van der Waals surface area contributed by atoms with Crippen LogP contribution in [0.1, 0.15) is 58.4 Å². The smallest absolute Gasteiger partial charge is 0.147 e. The van der Waals surface area contributed by atoms with Crippen LogP contribution in [0, 0.1) is 12.3 Å². The number of benzene rings is 2. The van der Waals surface area contributed by atoms with Gasteiger partial charge in [-0.25, -0.2) is 9.97 Å². The second-order valence-corrected chi connectivity index (χ2v) is 9.82. The zero-order valence-corrected chi connectivity index (χ0v) is 18.2. The maximum Gasteiger partial charge on any atom is 0.147 e. The molecule has 1 aromatic heterocycles. The summed E-state index contributed by atoms with van der Waals surface area (Å²) in [6.07, 6.45) is 0. The Balaban J connectivity index is 2.14. The largest absolute Gasteiger partial charge is 0.505 e. The van der Waals surface area contributed by atoms with E-state index in [4.69, 9.17) is 9.97 Å². The SMILES string of the molecule is Bc1c2c(c(O)c3nc(-c4ccccc4)c(C)nc13)C(C)(C)C(C)(C)C2(C)C. The van der Waals surface area contributed by atoms with E-state index in [9.17, 15) is 5.11 Å². The Hall–Kier alpha value is -2.36. The molecule has 0 saturated carbocycles. The van der Waals surface area contributed by atoms with Gasteiger partial charge in [0, 0.05) is 11.1 Å². The van der Waals surface area contributed by atoms with Crippen LogP contribution in [0.5, 0.6) is 5.75 Å². The van der Waals surface area contributed by atoms with Crippen LogP contribution in [0.4, 0.5) is 0 Å². The van der Waals surface area contributed by atoms with E-state index in [0.29, 0.717) is 11.3 Å². The van der Waals surface area contributed by atoms with Crippen LogP contribution >= 0.6 is 0 Å². The first-order chi connectivity index (χ1) is 12.9. The number of rotatable bonds is 1. The Labute approximate surface area is 168 Å². The first kappa shape index (κ1) is 19.0. The first-order valence-electron chi connectivity index (χ1n) is 10.0. The van der Waals surface area contributed by atoms with Crippen molar-refractivity contribution in [1.82, 2.24) is 9.97 Å². The van der Waals surface area contributed by atoms with E-state index >= 15 is 0 Å². The number of aromatic nitrogens is 2. The van der Waals surface area contributed by atoms with E-state index in [2.05, 4.69) is 49.4 Å². The van der Waals surface area contributed by atoms with Gasteiger partial charge in [-0.2, -0.15) is 0 Å². The third kappa shape index (κ3) is 2.12. The Morgan fingerprint density at radius 1 is 0.821 bits per heavy atom. The van der Waals surface area contributed by atoms with Gasteiger partial charge in [0.05, 0.1) is 16.9 Å². The fourth-order valence-electron chi connectivity index (χ4n) is 5.15. The topological polar surface area (TPSA) is 46.0 Å². The summed E-state index contributed by atoms with van der Waals surface area (Å²) in [5, 5.41) is 11.5. The highest BCUT2D eigenvalue weighted by Crippen LogP contribution is 2.63. The van der Waals surface area contributed by atoms with Gasteiger partial charge < -0.3 is 5.11 Å². The van der Waals surface area contributed by atoms with Crippen molar-refractivity contribution in [2.45, 2.75) is 59.3 Å². The predicted octanol–water partition coefficient (Wildman–Crippen LogP) is 4.16. The molecule has 1 aliphatic rings. The summed E-state index contributed by atoms with van der Waals surface area (Å²) in [5.41, 5.74) is 7.26. The average Bonchev–Trinajstić information content (AvgIpc) is 2.74. The molecule has 1 N–H and O–H groups in total. The van der Waals surface area contributed by atoms with Crippen LogP contribution in [0.3, 0.4) is 0 Å². The fraction of sp³-hybridized carbons (Fsp3) is 0.417. The van der Waals surface area contributed by atoms with Gasteiger partial charge in [0.25, 0.3) is 0 Å². The first-order valence-corrected chi connectivity index (χ1v) is 10.0. The Bertz CT molecular complexity index is 1110. The molecular weight excluding hydrogens is 343 g/mol. The van der Waals surface area contributed by atoms with E-state index in [0.717, 1.165) is 33.5 Å². The number of phenols is 1. The molecule has 0 saturated heterocycles. The second kappa shape index (κ2) is 5.59. The van der Waals surface area contributed by atoms with Crippen molar-refractivity contribution in [2.24, 2.45) is 5.41 Å². The van der Waals surface area contributed by atoms with Crippen molar-refractivity contribution in [3.8, 4) is 17.0 Å². The molecule has 3 nitrogen and oxygen atoms in total. The van der Waals surface area contributed by atoms with Gasteiger partial charge in [-0.15, -0.1) is 0 Å². The molecule has 1 heterocycles. The molecule has 0 amide bonds. The number of hydrogen-bond donors (Lipinski definition) is 1. The molecule has 0 bridgehead atoms. The molecule has 144 valence electrons. The van der Waals surface area contributed by atoms with Gasteiger partial charge in [0.15, 0.2) is 0 Å². The molecule has 2 aromatic carbocycles. The minimum Gasteiger partial charge on any atom is -0.505 e. The molecule has 28 heavy (non-hydrogen) atoms. The normalized spacial score (nSPS) is 19.0. The molecule has 3 aromatic rings. The summed E-state index contributed by atoms with van der Waals surface area (Å²) < 4.78 is 0. The lowest BCUT2D eigenvalue weighted by atomic mass is 9.59. The van der Waals surface area contributed by atoms with E-state index in [1.165, 1.54) is 5.56 Å². The van der Waals surface area contributed by atoms with E-state index < -0.39 is 0 Å². The molecule has 0 fully saturated rings. The third-order valence-electron chi connectivity index (χ3n) is 7.93. The number of phenolic OH excluding ortho intramolecular Hbond substituents is 1. The molecule has 0 radical (unpaired) electrons. The molecule has 4 heteroatoms. The van der Waals surface area contributed by atoms with Gasteiger partial charge in [-0.1, -0.05) is 77.3 Å². The zero-order chi connectivity index (χ0) is 20.6. The maximum atomic E-state index is 11.5. The van der Waals surface area contributed by atoms with Gasteiger partial charge in [0.1, 0.15) is 19.1 Å². The van der Waals surface area contributed by atoms with Gasteiger partial charge in [-0.3, -0.25) is 0 Å². The number of aryl methyl sites for hydroxylation is 1. The summed E-state index contributed by atoms with van der Waals surface area (Å²) in [6.45, 7) is 15.7. The molecule has 0 unspecified atom stereocenters. The summed E-state index contributed by atoms with van der Waals surface area (Å²) in [7, 11) is 2.14. The van der Waals surface area contributed by atoms with Crippen molar-refractivity contribution in [2.75, 3.05) is 0 Å². The summed E-state index contributed by atoms with van der Waals surface area (Å²) in [4.78, 5) is 9.86. The molecule has 0 spiro atoms. The van der Waals surface area contributed by atoms with Crippen molar-refractivity contribution in [1.29, 1.82) is 0 Å². The highest BCUT2D eigenvalue weighted by Gasteiger charge is 2.59. The Morgan fingerprint density at radius 2 is 1.39 bits per heavy atom. The number of aromatic hydroxyl groups is 1. The molecule has 4 rings (SSSR count). The predicted molar refractivity (Wildman–Crippen MR) is 119 cm³/mol. The molecule has 0 aliphatic heterocycles. The lowest BCUT2D eigenvalue weighted by molar-refractivity contribution is 0.124. The van der Waals surface area contributed by atoms with Crippen LogP contribution < -0.4 is 5.46 Å². The molecular formula is C24H29BN2O. The van der Waals surface area contributed by atoms with Crippen LogP contribution in [0.15, 0.2) is 30.3 Å². The lowest BCUT2D eigenvalue weighted by Gasteiger charge is -2.44. The van der Waals surface area contributed by atoms with Crippen LogP contribution in [0.25, 0.3) is 22.3 Å². The lowest BCUT2D eigenvalue weighted by Crippen LogP contribution is -2.43. The van der Waals surface area contributed by atoms with Crippen molar-refractivity contribution >= 4 is 24.3 Å². The average molecular weight is 372 g/mol. The van der Waals surface area contributed by atoms with Crippen molar-refractivity contribution in [3.63, 3.8) is 0 Å². The van der Waals surface area contributed by atoms with E-state index in [1.807, 2.05) is 37.3 Å². The highest BCUT2D eigenvalue weighted by molar-refractivity contribution is 6.40. The number of nitrogens with zero attached hydrogens (tertiary/aromatic N) is 2. The van der Waals surface area contributed by atoms with Gasteiger partial charge in [-0.05, 0) is 28.7 Å². The monoisotopic (exact) mass is 372 g/mol. The second-order valence-electron chi connectivity index (χ2n) is 9.82. The minimum atomic E-state index is -0.186. The number of fused-ring (bicyclic) bond motifs is 2. The van der Waals surface area contributed by atoms with Gasteiger partial charge in [0.2, 0.25) is 0 Å². The standard InChI is InChI=1S/C24H29BN2O/c1-13-18(14-11-9-8-10-12-14)27-20-19(26-13)17(25)15-16(21(20)28)23(4,5)24(6,7)22(15,2)3/h8-12,28H,25H2,1-7H3. The van der Waals surface area contributed by atoms with Crippen LogP contribution in [-0.2, 0) is 10.8 Å². The maximum absolute atomic E-state index is 11.5. The summed E-state index contributed by atoms with van der Waals surface area (Å²) in [6, 6.07) is 10.1. The third-order valence-corrected chi connectivity index (χ3v) is 7.93. The minimum absolute atomic E-state index is 0.0285. The van der Waals surface area contributed by atoms with Crippen LogP contribution in [0.2, 0.25) is 0 Å². The summed E-state index contributed by atoms with van der Waals surface area (Å²) in [5.74, 6) is 0.295. The molecule has 1 aliphatic carbocycles. The molecule has 0 atom stereocenters. The number of hydrogen-bond acceptors (Lipinski definition) is 3. The fourth-order valence-corrected chi connectivity index (χ4v) is 5.15. The van der Waals surface area contributed by atoms with Crippen molar-refractivity contribution in [3.05, 3.63) is 47.2 Å². The highest BCUT2D eigenvalue weighted by atomic mass is 16.3. The van der Waals surface area contributed by atoms with E-state index in [1.54, 1.807) is 0 Å². The summed E-state index contributed by atoms with van der Waals surface area (Å²) >= 11 is 0. The van der Waals surface area contributed by atoms with Crippen LogP contribution in [-0.4, -0.2) is 22.9 Å². The Morgan fingerprint density at radius 3 is 2.00 bits per heavy atom. The Kier molecular flexibility index (Phi) is 3.79. The van der Waals surface area contributed by atoms with Crippen molar-refractivity contribution < 1.29 is 5.11 Å².